The van der Waals surface area contributed by atoms with Crippen molar-refractivity contribution in [1.82, 2.24) is 0 Å². The summed E-state index contributed by atoms with van der Waals surface area (Å²) in [6, 6.07) is 5.65. The Hall–Kier alpha value is -1.26. The lowest BCUT2D eigenvalue weighted by Gasteiger charge is -2.23. The van der Waals surface area contributed by atoms with Gasteiger partial charge >= 0.3 is 6.09 Å². The van der Waals surface area contributed by atoms with Crippen LogP contribution in [0, 0.1) is 0 Å². The molecular weight excluding hydrogens is 290 g/mol. The molecule has 1 aliphatic heterocycles. The quantitative estimate of drug-likeness (QED) is 0.869. The summed E-state index contributed by atoms with van der Waals surface area (Å²) >= 11 is 6.16. The van der Waals surface area contributed by atoms with Gasteiger partial charge in [-0.15, -0.1) is 0 Å². The zero-order valence-electron chi connectivity index (χ0n) is 12.7. The summed E-state index contributed by atoms with van der Waals surface area (Å²) in [6.07, 6.45) is 1.49. The Bertz CT molecular complexity index is 505. The van der Waals surface area contributed by atoms with E-state index < -0.39 is 11.7 Å². The maximum absolute atomic E-state index is 11.8. The van der Waals surface area contributed by atoms with Crippen LogP contribution >= 0.6 is 11.6 Å². The lowest BCUT2D eigenvalue weighted by molar-refractivity contribution is 0.0636. The number of halogens is 1. The van der Waals surface area contributed by atoms with E-state index >= 15 is 0 Å². The van der Waals surface area contributed by atoms with Crippen LogP contribution in [0.15, 0.2) is 18.2 Å². The topological polar surface area (TPSA) is 47.6 Å². The van der Waals surface area contributed by atoms with Gasteiger partial charge in [-0.1, -0.05) is 11.6 Å². The molecule has 0 aliphatic carbocycles. The summed E-state index contributed by atoms with van der Waals surface area (Å²) in [5.74, 6) is 0.427. The number of benzene rings is 1. The molecule has 1 aromatic rings. The summed E-state index contributed by atoms with van der Waals surface area (Å²) in [5.41, 5.74) is 1.28. The van der Waals surface area contributed by atoms with Gasteiger partial charge in [-0.05, 0) is 63.3 Å². The molecule has 0 spiro atoms. The molecule has 5 heteroatoms. The van der Waals surface area contributed by atoms with Gasteiger partial charge in [0, 0.05) is 23.9 Å². The van der Waals surface area contributed by atoms with Gasteiger partial charge in [0.1, 0.15) is 5.60 Å². The van der Waals surface area contributed by atoms with Crippen LogP contribution in [-0.2, 0) is 9.47 Å². The second kappa shape index (κ2) is 6.67. The average Bonchev–Trinajstić information content (AvgIpc) is 2.36. The third-order valence-electron chi connectivity index (χ3n) is 3.26. The summed E-state index contributed by atoms with van der Waals surface area (Å²) < 4.78 is 10.6. The van der Waals surface area contributed by atoms with Crippen molar-refractivity contribution in [2.45, 2.75) is 45.1 Å². The Kier molecular flexibility index (Phi) is 5.12. The van der Waals surface area contributed by atoms with Gasteiger partial charge in [-0.3, -0.25) is 5.32 Å². The van der Waals surface area contributed by atoms with E-state index in [1.807, 2.05) is 32.9 Å². The SMILES string of the molecule is CC(C)(C)OC(=O)Nc1cc(Cl)cc(C2CCOCC2)c1. The van der Waals surface area contributed by atoms with E-state index in [-0.39, 0.29) is 0 Å². The van der Waals surface area contributed by atoms with Crippen molar-refractivity contribution >= 4 is 23.4 Å². The molecule has 1 fully saturated rings. The molecule has 0 unspecified atom stereocenters. The number of carbonyl (C=O) groups is 1. The van der Waals surface area contributed by atoms with Gasteiger partial charge < -0.3 is 9.47 Å². The van der Waals surface area contributed by atoms with Crippen LogP contribution in [0.2, 0.25) is 5.02 Å². The molecule has 1 aliphatic rings. The normalized spacial score (nSPS) is 16.6. The predicted molar refractivity (Wildman–Crippen MR) is 84.1 cm³/mol. The average molecular weight is 312 g/mol. The van der Waals surface area contributed by atoms with E-state index in [9.17, 15) is 4.79 Å². The van der Waals surface area contributed by atoms with Crippen LogP contribution in [0.1, 0.15) is 45.1 Å². The standard InChI is InChI=1S/C16H22ClNO3/c1-16(2,3)21-15(19)18-14-9-12(8-13(17)10-14)11-4-6-20-7-5-11/h8-11H,4-7H2,1-3H3,(H,18,19). The minimum Gasteiger partial charge on any atom is -0.444 e. The zero-order valence-corrected chi connectivity index (χ0v) is 13.5. The summed E-state index contributed by atoms with van der Waals surface area (Å²) in [4.78, 5) is 11.8. The molecule has 1 amide bonds. The van der Waals surface area contributed by atoms with Crippen LogP contribution in [0.25, 0.3) is 0 Å². The fraction of sp³-hybridized carbons (Fsp3) is 0.562. The second-order valence-electron chi connectivity index (χ2n) is 6.29. The van der Waals surface area contributed by atoms with E-state index in [0.717, 1.165) is 31.6 Å². The largest absolute Gasteiger partial charge is 0.444 e. The summed E-state index contributed by atoms with van der Waals surface area (Å²) in [7, 11) is 0. The van der Waals surface area contributed by atoms with Gasteiger partial charge in [0.2, 0.25) is 0 Å². The molecule has 4 nitrogen and oxygen atoms in total. The number of ether oxygens (including phenoxy) is 2. The molecule has 1 heterocycles. The third kappa shape index (κ3) is 5.21. The molecular formula is C16H22ClNO3. The van der Waals surface area contributed by atoms with Crippen molar-refractivity contribution in [3.05, 3.63) is 28.8 Å². The molecule has 2 rings (SSSR count). The van der Waals surface area contributed by atoms with Crippen LogP contribution in [0.3, 0.4) is 0 Å². The van der Waals surface area contributed by atoms with Crippen molar-refractivity contribution in [1.29, 1.82) is 0 Å². The number of anilines is 1. The van der Waals surface area contributed by atoms with Gasteiger partial charge in [-0.2, -0.15) is 0 Å². The lowest BCUT2D eigenvalue weighted by atomic mass is 9.91. The number of rotatable bonds is 2. The Morgan fingerprint density at radius 3 is 2.57 bits per heavy atom. The van der Waals surface area contributed by atoms with Crippen molar-refractivity contribution in [3.63, 3.8) is 0 Å². The van der Waals surface area contributed by atoms with E-state index in [1.165, 1.54) is 0 Å². The number of hydrogen-bond donors (Lipinski definition) is 1. The Labute approximate surface area is 130 Å². The molecule has 0 saturated carbocycles. The number of amides is 1. The van der Waals surface area contributed by atoms with Gasteiger partial charge in [-0.25, -0.2) is 4.79 Å². The molecule has 116 valence electrons. The van der Waals surface area contributed by atoms with Crippen LogP contribution in [0.4, 0.5) is 10.5 Å². The minimum absolute atomic E-state index is 0.427. The highest BCUT2D eigenvalue weighted by molar-refractivity contribution is 6.31. The van der Waals surface area contributed by atoms with Crippen molar-refractivity contribution in [2.24, 2.45) is 0 Å². The molecule has 1 N–H and O–H groups in total. The monoisotopic (exact) mass is 311 g/mol. The summed E-state index contributed by atoms with van der Waals surface area (Å²) in [6.45, 7) is 7.03. The van der Waals surface area contributed by atoms with Crippen molar-refractivity contribution < 1.29 is 14.3 Å². The first-order chi connectivity index (χ1) is 9.83. The first-order valence-electron chi connectivity index (χ1n) is 7.22. The van der Waals surface area contributed by atoms with E-state index in [2.05, 4.69) is 5.32 Å². The number of carbonyl (C=O) groups excluding carboxylic acids is 1. The molecule has 0 bridgehead atoms. The number of hydrogen-bond acceptors (Lipinski definition) is 3. The highest BCUT2D eigenvalue weighted by Gasteiger charge is 2.19. The fourth-order valence-corrected chi connectivity index (χ4v) is 2.62. The molecule has 1 saturated heterocycles. The highest BCUT2D eigenvalue weighted by atomic mass is 35.5. The van der Waals surface area contributed by atoms with Crippen LogP contribution in [0.5, 0.6) is 0 Å². The maximum Gasteiger partial charge on any atom is 0.412 e. The van der Waals surface area contributed by atoms with E-state index in [4.69, 9.17) is 21.1 Å². The molecule has 21 heavy (non-hydrogen) atoms. The van der Waals surface area contributed by atoms with Crippen molar-refractivity contribution in [2.75, 3.05) is 18.5 Å². The van der Waals surface area contributed by atoms with E-state index in [0.29, 0.717) is 16.6 Å². The first-order valence-corrected chi connectivity index (χ1v) is 7.59. The zero-order chi connectivity index (χ0) is 15.5. The third-order valence-corrected chi connectivity index (χ3v) is 3.48. The van der Waals surface area contributed by atoms with Crippen LogP contribution < -0.4 is 5.32 Å². The smallest absolute Gasteiger partial charge is 0.412 e. The lowest BCUT2D eigenvalue weighted by Crippen LogP contribution is -2.27. The first kappa shape index (κ1) is 16.1. The molecule has 1 aromatic carbocycles. The highest BCUT2D eigenvalue weighted by Crippen LogP contribution is 2.31. The van der Waals surface area contributed by atoms with Gasteiger partial charge in [0.05, 0.1) is 0 Å². The molecule has 0 aromatic heterocycles. The fourth-order valence-electron chi connectivity index (χ4n) is 2.37. The Balaban J connectivity index is 2.09. The Morgan fingerprint density at radius 2 is 1.95 bits per heavy atom. The van der Waals surface area contributed by atoms with Crippen molar-refractivity contribution in [3.8, 4) is 0 Å². The van der Waals surface area contributed by atoms with Gasteiger partial charge in [0.25, 0.3) is 0 Å². The molecule has 0 atom stereocenters. The minimum atomic E-state index is -0.522. The Morgan fingerprint density at radius 1 is 1.29 bits per heavy atom. The molecule has 0 radical (unpaired) electrons. The number of nitrogens with one attached hydrogen (secondary N) is 1. The predicted octanol–water partition coefficient (Wildman–Crippen LogP) is 4.58. The van der Waals surface area contributed by atoms with E-state index in [1.54, 1.807) is 6.07 Å². The van der Waals surface area contributed by atoms with Gasteiger partial charge in [0.15, 0.2) is 0 Å². The maximum atomic E-state index is 11.8. The summed E-state index contributed by atoms with van der Waals surface area (Å²) in [5, 5.41) is 3.36. The van der Waals surface area contributed by atoms with Crippen LogP contribution in [-0.4, -0.2) is 24.9 Å². The second-order valence-corrected chi connectivity index (χ2v) is 6.72.